The highest BCUT2D eigenvalue weighted by molar-refractivity contribution is 6.30. The lowest BCUT2D eigenvalue weighted by atomic mass is 10.1. The number of imidazole rings is 1. The summed E-state index contributed by atoms with van der Waals surface area (Å²) in [6.07, 6.45) is 3.98. The summed E-state index contributed by atoms with van der Waals surface area (Å²) in [7, 11) is 1.56. The molecule has 0 atom stereocenters. The summed E-state index contributed by atoms with van der Waals surface area (Å²) in [5.41, 5.74) is 2.87. The van der Waals surface area contributed by atoms with E-state index >= 15 is 0 Å². The Morgan fingerprint density at radius 3 is 2.57 bits per heavy atom. The Morgan fingerprint density at radius 1 is 1.05 bits per heavy atom. The number of ether oxygens (including phenoxy) is 1. The van der Waals surface area contributed by atoms with E-state index in [2.05, 4.69) is 5.32 Å². The minimum Gasteiger partial charge on any atom is -0.497 e. The summed E-state index contributed by atoms with van der Waals surface area (Å²) in [5.74, 6) is 0.833. The Morgan fingerprint density at radius 2 is 1.84 bits per heavy atom. The van der Waals surface area contributed by atoms with Crippen molar-refractivity contribution in [3.63, 3.8) is 0 Å². The highest BCUT2D eigenvalue weighted by atomic mass is 35.5. The van der Waals surface area contributed by atoms with Crippen molar-refractivity contribution in [2.24, 2.45) is 5.92 Å². The van der Waals surface area contributed by atoms with Crippen molar-refractivity contribution in [2.75, 3.05) is 25.5 Å². The molecule has 1 N–H and O–H groups in total. The molecule has 5 rings (SSSR count). The van der Waals surface area contributed by atoms with E-state index in [9.17, 15) is 9.59 Å². The lowest BCUT2D eigenvalue weighted by Crippen LogP contribution is -2.39. The van der Waals surface area contributed by atoms with Crippen LogP contribution in [0, 0.1) is 5.92 Å². The second-order valence-corrected chi connectivity index (χ2v) is 9.51. The minimum absolute atomic E-state index is 0.0877. The summed E-state index contributed by atoms with van der Waals surface area (Å²) in [6.45, 7) is 0.442. The van der Waals surface area contributed by atoms with Crippen molar-refractivity contribution >= 4 is 29.4 Å². The van der Waals surface area contributed by atoms with Gasteiger partial charge in [0, 0.05) is 34.6 Å². The largest absolute Gasteiger partial charge is 0.497 e. The number of methoxy groups -OCH3 is 1. The van der Waals surface area contributed by atoms with Gasteiger partial charge in [-0.1, -0.05) is 54.1 Å². The Labute approximate surface area is 220 Å². The molecule has 4 aromatic rings. The number of hydrogen-bond donors (Lipinski definition) is 1. The van der Waals surface area contributed by atoms with Crippen LogP contribution in [0.15, 0.2) is 85.1 Å². The Balaban J connectivity index is 1.40. The number of amides is 2. The number of carbonyl (C=O) groups excluding carboxylic acids is 2. The zero-order chi connectivity index (χ0) is 25.8. The number of anilines is 1. The minimum atomic E-state index is -0.328. The van der Waals surface area contributed by atoms with Gasteiger partial charge in [-0.3, -0.25) is 19.5 Å². The van der Waals surface area contributed by atoms with Gasteiger partial charge < -0.3 is 9.64 Å². The van der Waals surface area contributed by atoms with Gasteiger partial charge in [-0.2, -0.15) is 0 Å². The highest BCUT2D eigenvalue weighted by Crippen LogP contribution is 2.30. The van der Waals surface area contributed by atoms with E-state index in [0.29, 0.717) is 40.4 Å². The number of rotatable bonds is 9. The van der Waals surface area contributed by atoms with Crippen LogP contribution in [0.25, 0.3) is 16.9 Å². The van der Waals surface area contributed by atoms with Gasteiger partial charge in [0.15, 0.2) is 0 Å². The lowest BCUT2D eigenvalue weighted by molar-refractivity contribution is -0.117. The molecule has 1 aliphatic rings. The van der Waals surface area contributed by atoms with Crippen molar-refractivity contribution in [3.05, 3.63) is 95.6 Å². The van der Waals surface area contributed by atoms with Crippen LogP contribution in [0.5, 0.6) is 5.75 Å². The summed E-state index contributed by atoms with van der Waals surface area (Å²) in [6, 6.07) is 24.0. The van der Waals surface area contributed by atoms with Crippen LogP contribution < -0.4 is 10.1 Å². The van der Waals surface area contributed by atoms with E-state index < -0.39 is 0 Å². The fourth-order valence-corrected chi connectivity index (χ4v) is 4.33. The van der Waals surface area contributed by atoms with Crippen LogP contribution in [0.3, 0.4) is 0 Å². The molecule has 1 saturated carbocycles. The molecule has 0 aliphatic heterocycles. The van der Waals surface area contributed by atoms with E-state index in [1.165, 1.54) is 0 Å². The molecule has 2 amide bonds. The summed E-state index contributed by atoms with van der Waals surface area (Å²) in [5, 5.41) is 3.50. The molecule has 1 heterocycles. The molecule has 7 nitrogen and oxygen atoms in total. The molecule has 1 aromatic heterocycles. The number of aromatic nitrogens is 2. The first kappa shape index (κ1) is 24.6. The zero-order valence-corrected chi connectivity index (χ0v) is 21.2. The van der Waals surface area contributed by atoms with E-state index in [-0.39, 0.29) is 18.4 Å². The number of halogens is 1. The van der Waals surface area contributed by atoms with E-state index in [4.69, 9.17) is 21.3 Å². The molecule has 1 aliphatic carbocycles. The van der Waals surface area contributed by atoms with E-state index in [0.717, 1.165) is 24.1 Å². The quantitative estimate of drug-likeness (QED) is 0.311. The fraction of sp³-hybridized carbons (Fsp3) is 0.207. The van der Waals surface area contributed by atoms with E-state index in [1.807, 2.05) is 48.7 Å². The molecule has 37 heavy (non-hydrogen) atoms. The number of benzene rings is 3. The predicted molar refractivity (Wildman–Crippen MR) is 144 cm³/mol. The molecule has 0 spiro atoms. The Bertz CT molecular complexity index is 1420. The molecule has 8 heteroatoms. The molecule has 188 valence electrons. The smallest absolute Gasteiger partial charge is 0.254 e. The normalized spacial score (nSPS) is 12.7. The van der Waals surface area contributed by atoms with Crippen LogP contribution in [0.1, 0.15) is 23.2 Å². The van der Waals surface area contributed by atoms with Crippen molar-refractivity contribution in [1.29, 1.82) is 0 Å². The monoisotopic (exact) mass is 514 g/mol. The average Bonchev–Trinajstić information content (AvgIpc) is 3.65. The molecule has 0 radical (unpaired) electrons. The van der Waals surface area contributed by atoms with Crippen molar-refractivity contribution in [3.8, 4) is 22.7 Å². The Hall–Kier alpha value is -4.10. The second-order valence-electron chi connectivity index (χ2n) is 9.07. The first-order valence-electron chi connectivity index (χ1n) is 12.1. The Kier molecular flexibility index (Phi) is 7.23. The van der Waals surface area contributed by atoms with Crippen LogP contribution in [-0.4, -0.2) is 46.5 Å². The highest BCUT2D eigenvalue weighted by Gasteiger charge is 2.29. The van der Waals surface area contributed by atoms with Crippen molar-refractivity contribution in [1.82, 2.24) is 14.5 Å². The van der Waals surface area contributed by atoms with Gasteiger partial charge in [0.05, 0.1) is 12.8 Å². The topological polar surface area (TPSA) is 76.5 Å². The first-order valence-corrected chi connectivity index (χ1v) is 12.5. The fourth-order valence-electron chi connectivity index (χ4n) is 4.15. The predicted octanol–water partition coefficient (Wildman–Crippen LogP) is 5.69. The summed E-state index contributed by atoms with van der Waals surface area (Å²) < 4.78 is 7.06. The average molecular weight is 515 g/mol. The van der Waals surface area contributed by atoms with Gasteiger partial charge in [-0.05, 0) is 55.2 Å². The van der Waals surface area contributed by atoms with Gasteiger partial charge in [0.1, 0.15) is 12.3 Å². The van der Waals surface area contributed by atoms with Crippen molar-refractivity contribution in [2.45, 2.75) is 12.8 Å². The molecule has 0 saturated heterocycles. The zero-order valence-electron chi connectivity index (χ0n) is 20.4. The van der Waals surface area contributed by atoms with Gasteiger partial charge >= 0.3 is 0 Å². The third-order valence-electron chi connectivity index (χ3n) is 6.23. The van der Waals surface area contributed by atoms with Gasteiger partial charge in [-0.25, -0.2) is 4.98 Å². The molecule has 1 fully saturated rings. The number of nitrogens with zero attached hydrogens (tertiary/aromatic N) is 3. The maximum atomic E-state index is 13.3. The SMILES string of the molecule is COc1cccc(C(=O)N(CC(=O)Nc2nc(-c3ccccc3)cn2-c2cccc(Cl)c2)CC2CC2)c1. The van der Waals surface area contributed by atoms with Gasteiger partial charge in [-0.15, -0.1) is 0 Å². The number of hydrogen-bond acceptors (Lipinski definition) is 4. The van der Waals surface area contributed by atoms with Gasteiger partial charge in [0.2, 0.25) is 11.9 Å². The summed E-state index contributed by atoms with van der Waals surface area (Å²) in [4.78, 5) is 32.9. The van der Waals surface area contributed by atoms with E-state index in [1.54, 1.807) is 53.0 Å². The third-order valence-corrected chi connectivity index (χ3v) is 6.46. The summed E-state index contributed by atoms with van der Waals surface area (Å²) >= 11 is 6.24. The molecule has 0 bridgehead atoms. The molecular weight excluding hydrogens is 488 g/mol. The number of carbonyl (C=O) groups is 2. The maximum Gasteiger partial charge on any atom is 0.254 e. The van der Waals surface area contributed by atoms with Crippen LogP contribution in [-0.2, 0) is 4.79 Å². The standard InChI is InChI=1S/C29H27ClN4O3/c1-37-25-12-5-9-22(15-25)28(36)33(17-20-13-14-20)19-27(35)32-29-31-26(21-7-3-2-4-8-21)18-34(29)24-11-6-10-23(30)16-24/h2-12,15-16,18,20H,13-14,17,19H2,1H3,(H,31,32,35). The molecular formula is C29H27ClN4O3. The van der Waals surface area contributed by atoms with Gasteiger partial charge in [0.25, 0.3) is 5.91 Å². The third kappa shape index (κ3) is 6.01. The van der Waals surface area contributed by atoms with Crippen molar-refractivity contribution < 1.29 is 14.3 Å². The molecule has 3 aromatic carbocycles. The molecule has 0 unspecified atom stereocenters. The second kappa shape index (κ2) is 10.9. The first-order chi connectivity index (χ1) is 18.0. The van der Waals surface area contributed by atoms with Crippen LogP contribution >= 0.6 is 11.6 Å². The number of nitrogens with one attached hydrogen (secondary N) is 1. The van der Waals surface area contributed by atoms with Crippen LogP contribution in [0.2, 0.25) is 5.02 Å². The maximum absolute atomic E-state index is 13.3. The lowest BCUT2D eigenvalue weighted by Gasteiger charge is -2.22. The van der Waals surface area contributed by atoms with Crippen LogP contribution in [0.4, 0.5) is 5.95 Å².